The lowest BCUT2D eigenvalue weighted by Gasteiger charge is -2.17. The van der Waals surface area contributed by atoms with Crippen LogP contribution in [-0.2, 0) is 4.79 Å². The van der Waals surface area contributed by atoms with Gasteiger partial charge in [0.15, 0.2) is 0 Å². The fourth-order valence-electron chi connectivity index (χ4n) is 3.34. The van der Waals surface area contributed by atoms with Crippen molar-refractivity contribution in [3.8, 4) is 5.75 Å². The highest BCUT2D eigenvalue weighted by atomic mass is 32.2. The number of rotatable bonds is 7. The zero-order valence-electron chi connectivity index (χ0n) is 16.1. The quantitative estimate of drug-likeness (QED) is 0.747. The van der Waals surface area contributed by atoms with Crippen LogP contribution in [-0.4, -0.2) is 28.0 Å². The van der Waals surface area contributed by atoms with Gasteiger partial charge >= 0.3 is 0 Å². The monoisotopic (exact) mass is 389 g/mol. The number of hydrogen-bond acceptors (Lipinski definition) is 4. The van der Waals surface area contributed by atoms with E-state index in [1.807, 2.05) is 28.9 Å². The number of ether oxygens (including phenoxy) is 1. The first-order chi connectivity index (χ1) is 13.0. The fourth-order valence-corrected chi connectivity index (χ4v) is 4.47. The minimum atomic E-state index is -0.196. The van der Waals surface area contributed by atoms with E-state index in [1.165, 1.54) is 11.8 Å². The first-order valence-electron chi connectivity index (χ1n) is 9.53. The molecule has 3 rings (SSSR count). The SMILES string of the molecule is CCCOc1ccc([C@@H]2SCC(=O)Nc3c2c(=O)[nH]n3[C@H](C)CCC)cc1. The molecule has 2 atom stereocenters. The van der Waals surface area contributed by atoms with Crippen LogP contribution in [0.25, 0.3) is 0 Å². The lowest BCUT2D eigenvalue weighted by atomic mass is 10.1. The number of benzene rings is 1. The van der Waals surface area contributed by atoms with Crippen LogP contribution < -0.4 is 15.6 Å². The van der Waals surface area contributed by atoms with Gasteiger partial charge in [-0.2, -0.15) is 0 Å². The third-order valence-electron chi connectivity index (χ3n) is 4.67. The second kappa shape index (κ2) is 8.69. The number of carbonyl (C=O) groups excluding carboxylic acids is 1. The highest BCUT2D eigenvalue weighted by Crippen LogP contribution is 2.40. The van der Waals surface area contributed by atoms with E-state index in [1.54, 1.807) is 0 Å². The van der Waals surface area contributed by atoms with Gasteiger partial charge in [0, 0.05) is 6.04 Å². The Kier molecular flexibility index (Phi) is 6.31. The molecule has 0 saturated carbocycles. The summed E-state index contributed by atoms with van der Waals surface area (Å²) in [4.78, 5) is 25.0. The molecule has 27 heavy (non-hydrogen) atoms. The molecule has 0 unspecified atom stereocenters. The van der Waals surface area contributed by atoms with Crippen molar-refractivity contribution in [3.05, 3.63) is 45.7 Å². The topological polar surface area (TPSA) is 76.1 Å². The average molecular weight is 390 g/mol. The molecule has 1 aromatic carbocycles. The number of aromatic amines is 1. The molecular weight excluding hydrogens is 362 g/mol. The van der Waals surface area contributed by atoms with E-state index in [0.29, 0.717) is 23.7 Å². The third kappa shape index (κ3) is 4.24. The Labute approximate surface area is 163 Å². The smallest absolute Gasteiger partial charge is 0.270 e. The van der Waals surface area contributed by atoms with Gasteiger partial charge in [0.1, 0.15) is 11.6 Å². The van der Waals surface area contributed by atoms with E-state index in [9.17, 15) is 9.59 Å². The number of H-pyrrole nitrogens is 1. The van der Waals surface area contributed by atoms with E-state index < -0.39 is 0 Å². The van der Waals surface area contributed by atoms with Gasteiger partial charge in [-0.3, -0.25) is 19.4 Å². The predicted molar refractivity (Wildman–Crippen MR) is 110 cm³/mol. The molecule has 1 aromatic heterocycles. The molecule has 0 spiro atoms. The normalized spacial score (nSPS) is 17.7. The van der Waals surface area contributed by atoms with Gasteiger partial charge < -0.3 is 10.1 Å². The summed E-state index contributed by atoms with van der Waals surface area (Å²) >= 11 is 1.48. The van der Waals surface area contributed by atoms with Crippen LogP contribution in [0.5, 0.6) is 5.75 Å². The summed E-state index contributed by atoms with van der Waals surface area (Å²) in [5.74, 6) is 1.65. The van der Waals surface area contributed by atoms with Crippen LogP contribution >= 0.6 is 11.8 Å². The predicted octanol–water partition coefficient (Wildman–Crippen LogP) is 4.10. The van der Waals surface area contributed by atoms with Gasteiger partial charge in [-0.05, 0) is 37.5 Å². The highest BCUT2D eigenvalue weighted by Gasteiger charge is 2.31. The van der Waals surface area contributed by atoms with Gasteiger partial charge in [-0.15, -0.1) is 11.8 Å². The summed E-state index contributed by atoms with van der Waals surface area (Å²) in [6.07, 6.45) is 2.88. The van der Waals surface area contributed by atoms with Crippen molar-refractivity contribution in [2.75, 3.05) is 17.7 Å². The lowest BCUT2D eigenvalue weighted by Crippen LogP contribution is -2.18. The summed E-state index contributed by atoms with van der Waals surface area (Å²) in [6, 6.07) is 7.93. The summed E-state index contributed by atoms with van der Waals surface area (Å²) < 4.78 is 7.47. The van der Waals surface area contributed by atoms with Crippen LogP contribution in [0.2, 0.25) is 0 Å². The Morgan fingerprint density at radius 3 is 2.63 bits per heavy atom. The van der Waals surface area contributed by atoms with E-state index in [2.05, 4.69) is 31.2 Å². The Hall–Kier alpha value is -2.15. The van der Waals surface area contributed by atoms with Crippen LogP contribution in [0, 0.1) is 0 Å². The number of amides is 1. The molecule has 0 bridgehead atoms. The minimum Gasteiger partial charge on any atom is -0.494 e. The van der Waals surface area contributed by atoms with Crippen molar-refractivity contribution >= 4 is 23.5 Å². The molecule has 7 heteroatoms. The van der Waals surface area contributed by atoms with Crippen molar-refractivity contribution in [2.24, 2.45) is 0 Å². The summed E-state index contributed by atoms with van der Waals surface area (Å²) in [5.41, 5.74) is 1.47. The van der Waals surface area contributed by atoms with Crippen LogP contribution in [0.3, 0.4) is 0 Å². The molecule has 2 N–H and O–H groups in total. The molecule has 2 aromatic rings. The molecule has 0 fully saturated rings. The lowest BCUT2D eigenvalue weighted by molar-refractivity contribution is -0.113. The molecule has 1 aliphatic rings. The molecule has 0 radical (unpaired) electrons. The zero-order chi connectivity index (χ0) is 19.4. The Morgan fingerprint density at radius 2 is 1.96 bits per heavy atom. The molecule has 0 aliphatic carbocycles. The van der Waals surface area contributed by atoms with Gasteiger partial charge in [0.25, 0.3) is 5.56 Å². The van der Waals surface area contributed by atoms with Gasteiger partial charge in [-0.25, -0.2) is 0 Å². The maximum atomic E-state index is 12.8. The minimum absolute atomic E-state index is 0.0805. The maximum absolute atomic E-state index is 12.8. The van der Waals surface area contributed by atoms with Crippen LogP contribution in [0.4, 0.5) is 5.82 Å². The zero-order valence-corrected chi connectivity index (χ0v) is 16.9. The Balaban J connectivity index is 1.99. The van der Waals surface area contributed by atoms with E-state index in [-0.39, 0.29) is 22.8 Å². The molecule has 1 amide bonds. The second-order valence-electron chi connectivity index (χ2n) is 6.87. The van der Waals surface area contributed by atoms with Crippen molar-refractivity contribution in [2.45, 2.75) is 51.3 Å². The number of carbonyl (C=O) groups is 1. The van der Waals surface area contributed by atoms with E-state index in [4.69, 9.17) is 4.74 Å². The number of nitrogens with one attached hydrogen (secondary N) is 2. The van der Waals surface area contributed by atoms with E-state index in [0.717, 1.165) is 30.6 Å². The molecule has 1 aliphatic heterocycles. The van der Waals surface area contributed by atoms with Crippen molar-refractivity contribution in [1.82, 2.24) is 9.78 Å². The molecule has 146 valence electrons. The largest absolute Gasteiger partial charge is 0.494 e. The summed E-state index contributed by atoms with van der Waals surface area (Å²) in [6.45, 7) is 6.91. The molecular formula is C20H27N3O3S. The van der Waals surface area contributed by atoms with Crippen molar-refractivity contribution in [3.63, 3.8) is 0 Å². The number of thioether (sulfide) groups is 1. The van der Waals surface area contributed by atoms with Crippen LogP contribution in [0.1, 0.15) is 62.5 Å². The number of hydrogen-bond donors (Lipinski definition) is 2. The molecule has 2 heterocycles. The second-order valence-corrected chi connectivity index (χ2v) is 7.96. The molecule has 6 nitrogen and oxygen atoms in total. The summed E-state index contributed by atoms with van der Waals surface area (Å²) in [7, 11) is 0. The number of nitrogens with zero attached hydrogens (tertiary/aromatic N) is 1. The van der Waals surface area contributed by atoms with Gasteiger partial charge in [-0.1, -0.05) is 32.4 Å². The van der Waals surface area contributed by atoms with Gasteiger partial charge in [0.2, 0.25) is 5.91 Å². The average Bonchev–Trinajstić information content (AvgIpc) is 2.87. The molecule has 0 saturated heterocycles. The Morgan fingerprint density at radius 1 is 1.22 bits per heavy atom. The van der Waals surface area contributed by atoms with Gasteiger partial charge in [0.05, 0.1) is 23.2 Å². The standard InChI is InChI=1S/C20H27N3O3S/c1-4-6-13(3)23-19-17(20(25)22-23)18(27-12-16(24)21-19)14-7-9-15(10-8-14)26-11-5-2/h7-10,13,18H,4-6,11-12H2,1-3H3,(H,21,24)(H,22,25)/t13-,18+/m1/s1. The fraction of sp³-hybridized carbons (Fsp3) is 0.500. The van der Waals surface area contributed by atoms with Crippen molar-refractivity contribution < 1.29 is 9.53 Å². The van der Waals surface area contributed by atoms with Crippen molar-refractivity contribution in [1.29, 1.82) is 0 Å². The third-order valence-corrected chi connectivity index (χ3v) is 5.94. The van der Waals surface area contributed by atoms with Crippen LogP contribution in [0.15, 0.2) is 29.1 Å². The Bertz CT molecular complexity index is 841. The van der Waals surface area contributed by atoms with E-state index >= 15 is 0 Å². The highest BCUT2D eigenvalue weighted by molar-refractivity contribution is 8.00. The number of anilines is 1. The first kappa shape index (κ1) is 19.6. The summed E-state index contributed by atoms with van der Waals surface area (Å²) in [5, 5.41) is 5.68. The number of fused-ring (bicyclic) bond motifs is 1. The maximum Gasteiger partial charge on any atom is 0.270 e. The number of aromatic nitrogens is 2. The first-order valence-corrected chi connectivity index (χ1v) is 10.6.